The minimum atomic E-state index is -0.634. The topological polar surface area (TPSA) is 49.5 Å². The number of fused-ring (bicyclic) bond motifs is 12. The molecule has 1 N–H and O–H groups in total. The van der Waals surface area contributed by atoms with Crippen LogP contribution in [0.25, 0.3) is 87.2 Å². The Morgan fingerprint density at radius 1 is 0.581 bits per heavy atom. The lowest BCUT2D eigenvalue weighted by Crippen LogP contribution is -2.26. The van der Waals surface area contributed by atoms with Crippen molar-refractivity contribution in [3.8, 4) is 5.75 Å². The van der Waals surface area contributed by atoms with Crippen molar-refractivity contribution in [2.45, 2.75) is 26.1 Å². The van der Waals surface area contributed by atoms with Crippen molar-refractivity contribution in [1.82, 2.24) is 33.4 Å². The molecule has 4 aromatic heterocycles. The van der Waals surface area contributed by atoms with Gasteiger partial charge in [0.1, 0.15) is 23.3 Å². The first kappa shape index (κ1) is 40.0. The van der Waals surface area contributed by atoms with Crippen molar-refractivity contribution < 1.29 is 22.3 Å². The van der Waals surface area contributed by atoms with Crippen LogP contribution in [0.4, 0.5) is 17.6 Å². The highest BCUT2D eigenvalue weighted by atomic mass is 19.1. The molecular formula is C50H49F4N7O. The Morgan fingerprint density at radius 2 is 1.13 bits per heavy atom. The van der Waals surface area contributed by atoms with Gasteiger partial charge >= 0.3 is 0 Å². The number of methoxy groups -OCH3 is 1. The van der Waals surface area contributed by atoms with Crippen LogP contribution in [0.3, 0.4) is 0 Å². The summed E-state index contributed by atoms with van der Waals surface area (Å²) in [6, 6.07) is 21.3. The molecule has 0 saturated heterocycles. The summed E-state index contributed by atoms with van der Waals surface area (Å²) in [5, 5.41) is 6.11. The molecule has 4 heterocycles. The lowest BCUT2D eigenvalue weighted by atomic mass is 9.96. The van der Waals surface area contributed by atoms with Crippen molar-refractivity contribution in [3.63, 3.8) is 0 Å². The Bertz CT molecular complexity index is 3440. The molecular weight excluding hydrogens is 791 g/mol. The molecule has 0 fully saturated rings. The van der Waals surface area contributed by atoms with Crippen LogP contribution >= 0.6 is 0 Å². The summed E-state index contributed by atoms with van der Waals surface area (Å²) in [4.78, 5) is 9.83. The number of nitrogens with zero attached hydrogens (tertiary/aromatic N) is 6. The molecule has 62 heavy (non-hydrogen) atoms. The predicted molar refractivity (Wildman–Crippen MR) is 246 cm³/mol. The molecule has 0 aliphatic heterocycles. The fraction of sp³-hybridized carbons (Fsp3) is 0.280. The number of H-pyrrole nitrogens is 1. The van der Waals surface area contributed by atoms with Gasteiger partial charge < -0.3 is 38.1 Å². The van der Waals surface area contributed by atoms with Gasteiger partial charge in [0.2, 0.25) is 0 Å². The van der Waals surface area contributed by atoms with Gasteiger partial charge in [-0.3, -0.25) is 0 Å². The highest BCUT2D eigenvalue weighted by Crippen LogP contribution is 2.48. The Balaban J connectivity index is 1.37. The van der Waals surface area contributed by atoms with E-state index in [0.29, 0.717) is 42.9 Å². The Hall–Kier alpha value is -6.08. The molecule has 1 unspecified atom stereocenters. The second kappa shape index (κ2) is 14.8. The normalized spacial score (nSPS) is 13.2. The summed E-state index contributed by atoms with van der Waals surface area (Å²) >= 11 is 0. The van der Waals surface area contributed by atoms with Crippen molar-refractivity contribution >= 4 is 87.2 Å². The van der Waals surface area contributed by atoms with Gasteiger partial charge in [-0.05, 0) is 134 Å². The van der Waals surface area contributed by atoms with E-state index < -0.39 is 11.9 Å². The first-order valence-electron chi connectivity index (χ1n) is 21.0. The van der Waals surface area contributed by atoms with Gasteiger partial charge in [-0.25, -0.2) is 17.6 Å². The number of aryl methyl sites for hydroxylation is 1. The number of hydrogen-bond acceptors (Lipinski definition) is 4. The summed E-state index contributed by atoms with van der Waals surface area (Å²) in [7, 11) is 13.7. The first-order chi connectivity index (χ1) is 29.7. The number of aromatic amines is 1. The third-order valence-corrected chi connectivity index (χ3v) is 12.8. The van der Waals surface area contributed by atoms with Crippen LogP contribution in [0.2, 0.25) is 0 Å². The average molecular weight is 840 g/mol. The number of likely N-dealkylation sites (N-methyl/N-ethyl adjacent to an activating group) is 3. The molecule has 1 atom stereocenters. The molecule has 0 saturated carbocycles. The predicted octanol–water partition coefficient (Wildman–Crippen LogP) is 10.8. The maximum Gasteiger partial charge on any atom is 0.167 e. The highest BCUT2D eigenvalue weighted by molar-refractivity contribution is 6.23. The van der Waals surface area contributed by atoms with E-state index in [9.17, 15) is 4.39 Å². The van der Waals surface area contributed by atoms with E-state index >= 15 is 13.2 Å². The number of aromatic nitrogens is 4. The highest BCUT2D eigenvalue weighted by Gasteiger charge is 2.32. The maximum atomic E-state index is 17.6. The lowest BCUT2D eigenvalue weighted by molar-refractivity contribution is 0.353. The Labute approximate surface area is 356 Å². The zero-order valence-corrected chi connectivity index (χ0v) is 36.2. The maximum absolute atomic E-state index is 17.6. The van der Waals surface area contributed by atoms with Crippen molar-refractivity contribution in [3.05, 3.63) is 113 Å². The molecule has 10 aromatic rings. The number of hydrogen-bond donors (Lipinski definition) is 1. The molecule has 318 valence electrons. The number of rotatable bonds is 11. The average Bonchev–Trinajstić information content (AvgIpc) is 3.94. The quantitative estimate of drug-likeness (QED) is 0.132. The molecule has 10 rings (SSSR count). The molecule has 0 bridgehead atoms. The number of nitrogens with one attached hydrogen (secondary N) is 1. The molecule has 0 spiro atoms. The molecule has 0 amide bonds. The Morgan fingerprint density at radius 3 is 1.77 bits per heavy atom. The van der Waals surface area contributed by atoms with Crippen LogP contribution in [0.1, 0.15) is 17.2 Å². The first-order valence-corrected chi connectivity index (χ1v) is 21.0. The van der Waals surface area contributed by atoms with Crippen molar-refractivity contribution in [1.29, 1.82) is 0 Å². The van der Waals surface area contributed by atoms with Crippen LogP contribution in [0.5, 0.6) is 5.75 Å². The molecule has 0 aliphatic carbocycles. The Kier molecular flexibility index (Phi) is 9.54. The molecule has 12 heteroatoms. The van der Waals surface area contributed by atoms with Gasteiger partial charge in [0.25, 0.3) is 0 Å². The third-order valence-electron chi connectivity index (χ3n) is 12.8. The fourth-order valence-corrected chi connectivity index (χ4v) is 10.1. The number of ether oxygens (including phenoxy) is 1. The summed E-state index contributed by atoms with van der Waals surface area (Å²) in [6.45, 7) is 5.07. The molecule has 8 nitrogen and oxygen atoms in total. The monoisotopic (exact) mass is 839 g/mol. The summed E-state index contributed by atoms with van der Waals surface area (Å²) in [5.41, 5.74) is 7.95. The van der Waals surface area contributed by atoms with Crippen molar-refractivity contribution in [2.75, 3.05) is 69.0 Å². The van der Waals surface area contributed by atoms with E-state index in [-0.39, 0.29) is 17.5 Å². The van der Waals surface area contributed by atoms with Crippen LogP contribution in [0, 0.1) is 30.2 Å². The second-order valence-electron chi connectivity index (χ2n) is 17.6. The van der Waals surface area contributed by atoms with Gasteiger partial charge in [0, 0.05) is 103 Å². The van der Waals surface area contributed by atoms with Gasteiger partial charge in [-0.15, -0.1) is 0 Å². The smallest absolute Gasteiger partial charge is 0.167 e. The van der Waals surface area contributed by atoms with E-state index in [4.69, 9.17) is 4.74 Å². The van der Waals surface area contributed by atoms with Gasteiger partial charge in [-0.2, -0.15) is 0 Å². The van der Waals surface area contributed by atoms with Crippen LogP contribution in [-0.2, 0) is 13.1 Å². The minimum absolute atomic E-state index is 0.346. The molecule has 6 aromatic carbocycles. The van der Waals surface area contributed by atoms with E-state index in [1.807, 2.05) is 67.4 Å². The van der Waals surface area contributed by atoms with Crippen LogP contribution in [0.15, 0.2) is 78.9 Å². The molecule has 0 aliphatic rings. The minimum Gasteiger partial charge on any atom is -0.492 e. The van der Waals surface area contributed by atoms with Crippen LogP contribution in [-0.4, -0.2) is 102 Å². The fourth-order valence-electron chi connectivity index (χ4n) is 10.1. The van der Waals surface area contributed by atoms with E-state index in [2.05, 4.69) is 39.5 Å². The number of halogens is 4. The summed E-state index contributed by atoms with van der Waals surface area (Å²) in [6.07, 6.45) is 0. The standard InChI is InChI=1S/C50H49F4N7O/c1-27-46-34(31-21-28(51)9-13-39(31)55-46)24-35-33-23-30(53)11-15-41(33)61(47(27)35)43(26-58(6)7)45-38(54)12-16-42-44(45)37-25-36-32-22-29(52)10-14-40(32)59(19-17-56(2)3)48(36)50(62-8)49(37)60(42)20-18-57(4)5/h9-16,21-25,43,55H,17-20,26H2,1-8H3. The van der Waals surface area contributed by atoms with Crippen molar-refractivity contribution in [2.24, 2.45) is 0 Å². The zero-order chi connectivity index (χ0) is 43.5. The third kappa shape index (κ3) is 6.06. The zero-order valence-electron chi connectivity index (χ0n) is 36.2. The van der Waals surface area contributed by atoms with E-state index in [1.54, 1.807) is 37.4 Å². The SMILES string of the molecule is COc1c2c(cc3c4c(C(CN(C)C)n5c6ccc(F)cc6c6cc7c([nH]c8ccc(F)cc87)c(C)c65)c(F)ccc4n(CCN(C)C)c13)c1cc(F)ccc1n2CCN(C)C. The summed E-state index contributed by atoms with van der Waals surface area (Å²) < 4.78 is 76.0. The lowest BCUT2D eigenvalue weighted by Gasteiger charge is -2.27. The summed E-state index contributed by atoms with van der Waals surface area (Å²) in [5.74, 6) is -0.827. The largest absolute Gasteiger partial charge is 0.492 e. The van der Waals surface area contributed by atoms with Crippen LogP contribution < -0.4 is 4.74 Å². The number of benzene rings is 6. The van der Waals surface area contributed by atoms with E-state index in [0.717, 1.165) is 93.9 Å². The van der Waals surface area contributed by atoms with Gasteiger partial charge in [0.15, 0.2) is 5.75 Å². The van der Waals surface area contributed by atoms with E-state index in [1.165, 1.54) is 24.3 Å². The second-order valence-corrected chi connectivity index (χ2v) is 17.6. The van der Waals surface area contributed by atoms with Gasteiger partial charge in [0.05, 0.1) is 35.2 Å². The van der Waals surface area contributed by atoms with Gasteiger partial charge in [-0.1, -0.05) is 0 Å². The molecule has 0 radical (unpaired) electrons.